The topological polar surface area (TPSA) is 20.2 Å². The van der Waals surface area contributed by atoms with E-state index in [2.05, 4.69) is 0 Å². The predicted octanol–water partition coefficient (Wildman–Crippen LogP) is 1.65. The molecule has 0 aromatic heterocycles. The first-order valence-corrected chi connectivity index (χ1v) is 3.50. The SMILES string of the molecule is C[C@]1(F)CCCC[C@H]1O. The maximum atomic E-state index is 13.0. The van der Waals surface area contributed by atoms with Crippen LogP contribution < -0.4 is 0 Å². The summed E-state index contributed by atoms with van der Waals surface area (Å²) >= 11 is 0. The van der Waals surface area contributed by atoms with Crippen molar-refractivity contribution in [2.45, 2.75) is 44.4 Å². The Balaban J connectivity index is 2.49. The molecule has 2 atom stereocenters. The van der Waals surface area contributed by atoms with Gasteiger partial charge in [-0.3, -0.25) is 0 Å². The lowest BCUT2D eigenvalue weighted by Gasteiger charge is -2.30. The standard InChI is InChI=1S/C7H13FO/c1-7(8)5-3-2-4-6(7)9/h6,9H,2-5H2,1H3/t6-,7+/m1/s1. The Morgan fingerprint density at radius 2 is 2.22 bits per heavy atom. The summed E-state index contributed by atoms with van der Waals surface area (Å²) < 4.78 is 13.0. The third-order valence-electron chi connectivity index (χ3n) is 2.09. The number of hydrogen-bond donors (Lipinski definition) is 1. The molecule has 54 valence electrons. The first kappa shape index (κ1) is 7.00. The maximum absolute atomic E-state index is 13.0. The minimum atomic E-state index is -1.31. The highest BCUT2D eigenvalue weighted by atomic mass is 19.1. The van der Waals surface area contributed by atoms with Gasteiger partial charge in [0.1, 0.15) is 5.67 Å². The molecular formula is C7H13FO. The zero-order valence-electron chi connectivity index (χ0n) is 5.73. The summed E-state index contributed by atoms with van der Waals surface area (Å²) in [6.07, 6.45) is 2.33. The largest absolute Gasteiger partial charge is 0.390 e. The van der Waals surface area contributed by atoms with Crippen LogP contribution in [0.5, 0.6) is 0 Å². The first-order valence-electron chi connectivity index (χ1n) is 3.50. The molecule has 0 radical (unpaired) electrons. The summed E-state index contributed by atoms with van der Waals surface area (Å²) in [7, 11) is 0. The van der Waals surface area contributed by atoms with Gasteiger partial charge in [-0.1, -0.05) is 12.8 Å². The highest BCUT2D eigenvalue weighted by Gasteiger charge is 2.34. The normalized spacial score (nSPS) is 45.0. The Labute approximate surface area is 54.9 Å². The van der Waals surface area contributed by atoms with Crippen molar-refractivity contribution in [2.75, 3.05) is 0 Å². The van der Waals surface area contributed by atoms with E-state index in [1.54, 1.807) is 0 Å². The molecule has 1 aliphatic carbocycles. The lowest BCUT2D eigenvalue weighted by molar-refractivity contribution is -0.0268. The number of aliphatic hydroxyl groups excluding tert-OH is 1. The fraction of sp³-hybridized carbons (Fsp3) is 1.00. The van der Waals surface area contributed by atoms with E-state index in [1.807, 2.05) is 0 Å². The summed E-state index contributed by atoms with van der Waals surface area (Å²) in [6, 6.07) is 0. The van der Waals surface area contributed by atoms with Gasteiger partial charge in [0, 0.05) is 0 Å². The third kappa shape index (κ3) is 1.42. The molecule has 0 aromatic rings. The molecule has 0 heterocycles. The van der Waals surface area contributed by atoms with Crippen molar-refractivity contribution in [3.05, 3.63) is 0 Å². The zero-order valence-corrected chi connectivity index (χ0v) is 5.73. The van der Waals surface area contributed by atoms with Gasteiger partial charge in [-0.05, 0) is 19.8 Å². The van der Waals surface area contributed by atoms with Crippen molar-refractivity contribution in [1.82, 2.24) is 0 Å². The molecule has 1 aliphatic rings. The van der Waals surface area contributed by atoms with Crippen LogP contribution >= 0.6 is 0 Å². The number of hydrogen-bond acceptors (Lipinski definition) is 1. The Morgan fingerprint density at radius 3 is 2.56 bits per heavy atom. The number of aliphatic hydroxyl groups is 1. The molecule has 1 saturated carbocycles. The molecular weight excluding hydrogens is 119 g/mol. The van der Waals surface area contributed by atoms with E-state index in [1.165, 1.54) is 6.92 Å². The first-order chi connectivity index (χ1) is 4.13. The Morgan fingerprint density at radius 1 is 1.56 bits per heavy atom. The molecule has 2 heteroatoms. The second-order valence-corrected chi connectivity index (χ2v) is 3.04. The maximum Gasteiger partial charge on any atom is 0.134 e. The Bertz CT molecular complexity index is 101. The Kier molecular flexibility index (Phi) is 1.75. The van der Waals surface area contributed by atoms with Gasteiger partial charge in [-0.2, -0.15) is 0 Å². The lowest BCUT2D eigenvalue weighted by atomic mass is 9.85. The van der Waals surface area contributed by atoms with Crippen LogP contribution in [0.2, 0.25) is 0 Å². The second-order valence-electron chi connectivity index (χ2n) is 3.04. The van der Waals surface area contributed by atoms with E-state index in [9.17, 15) is 4.39 Å². The summed E-state index contributed by atoms with van der Waals surface area (Å²) in [5, 5.41) is 9.06. The van der Waals surface area contributed by atoms with Crippen LogP contribution in [0.3, 0.4) is 0 Å². The molecule has 1 nitrogen and oxygen atoms in total. The monoisotopic (exact) mass is 132 g/mol. The smallest absolute Gasteiger partial charge is 0.134 e. The van der Waals surface area contributed by atoms with Gasteiger partial charge in [0.2, 0.25) is 0 Å². The summed E-state index contributed by atoms with van der Waals surface area (Å²) in [5.74, 6) is 0. The fourth-order valence-corrected chi connectivity index (χ4v) is 1.28. The van der Waals surface area contributed by atoms with Crippen LogP contribution in [0, 0.1) is 0 Å². The van der Waals surface area contributed by atoms with E-state index >= 15 is 0 Å². The predicted molar refractivity (Wildman–Crippen MR) is 34.0 cm³/mol. The van der Waals surface area contributed by atoms with E-state index in [0.717, 1.165) is 12.8 Å². The highest BCUT2D eigenvalue weighted by molar-refractivity contribution is 4.85. The van der Waals surface area contributed by atoms with E-state index in [0.29, 0.717) is 12.8 Å². The molecule has 0 spiro atoms. The second kappa shape index (κ2) is 2.25. The summed E-state index contributed by atoms with van der Waals surface area (Å²) in [4.78, 5) is 0. The molecule has 1 rings (SSSR count). The van der Waals surface area contributed by atoms with Crippen molar-refractivity contribution in [3.63, 3.8) is 0 Å². The average molecular weight is 132 g/mol. The lowest BCUT2D eigenvalue weighted by Crippen LogP contribution is -2.37. The van der Waals surface area contributed by atoms with Crippen LogP contribution in [0.1, 0.15) is 32.6 Å². The quantitative estimate of drug-likeness (QED) is 0.531. The molecule has 9 heavy (non-hydrogen) atoms. The van der Waals surface area contributed by atoms with Gasteiger partial charge < -0.3 is 5.11 Å². The molecule has 0 unspecified atom stereocenters. The van der Waals surface area contributed by atoms with Crippen LogP contribution in [0.4, 0.5) is 4.39 Å². The Hall–Kier alpha value is -0.110. The average Bonchev–Trinajstić information content (AvgIpc) is 1.77. The molecule has 0 saturated heterocycles. The van der Waals surface area contributed by atoms with E-state index < -0.39 is 11.8 Å². The molecule has 1 fully saturated rings. The van der Waals surface area contributed by atoms with Crippen molar-refractivity contribution >= 4 is 0 Å². The van der Waals surface area contributed by atoms with Crippen molar-refractivity contribution in [1.29, 1.82) is 0 Å². The van der Waals surface area contributed by atoms with Crippen molar-refractivity contribution in [3.8, 4) is 0 Å². The van der Waals surface area contributed by atoms with Crippen molar-refractivity contribution < 1.29 is 9.50 Å². The number of halogens is 1. The van der Waals surface area contributed by atoms with Gasteiger partial charge in [0.05, 0.1) is 6.10 Å². The molecule has 0 bridgehead atoms. The van der Waals surface area contributed by atoms with E-state index in [-0.39, 0.29) is 0 Å². The van der Waals surface area contributed by atoms with E-state index in [4.69, 9.17) is 5.11 Å². The van der Waals surface area contributed by atoms with Crippen LogP contribution in [-0.2, 0) is 0 Å². The summed E-state index contributed by atoms with van der Waals surface area (Å²) in [6.45, 7) is 1.48. The molecule has 1 N–H and O–H groups in total. The minimum Gasteiger partial charge on any atom is -0.390 e. The molecule has 0 amide bonds. The van der Waals surface area contributed by atoms with Crippen LogP contribution in [0.15, 0.2) is 0 Å². The fourth-order valence-electron chi connectivity index (χ4n) is 1.28. The van der Waals surface area contributed by atoms with Gasteiger partial charge >= 0.3 is 0 Å². The molecule has 0 aliphatic heterocycles. The van der Waals surface area contributed by atoms with Gasteiger partial charge in [0.15, 0.2) is 0 Å². The minimum absolute atomic E-state index is 0.522. The zero-order chi connectivity index (χ0) is 6.91. The number of alkyl halides is 1. The van der Waals surface area contributed by atoms with Crippen molar-refractivity contribution in [2.24, 2.45) is 0 Å². The third-order valence-corrected chi connectivity index (χ3v) is 2.09. The van der Waals surface area contributed by atoms with Gasteiger partial charge in [0.25, 0.3) is 0 Å². The van der Waals surface area contributed by atoms with Gasteiger partial charge in [-0.25, -0.2) is 4.39 Å². The van der Waals surface area contributed by atoms with Crippen LogP contribution in [-0.4, -0.2) is 16.9 Å². The van der Waals surface area contributed by atoms with Gasteiger partial charge in [-0.15, -0.1) is 0 Å². The van der Waals surface area contributed by atoms with Crippen LogP contribution in [0.25, 0.3) is 0 Å². The molecule has 0 aromatic carbocycles. The summed E-state index contributed by atoms with van der Waals surface area (Å²) in [5.41, 5.74) is -1.31. The number of rotatable bonds is 0. The highest BCUT2D eigenvalue weighted by Crippen LogP contribution is 2.31.